The first-order valence-corrected chi connectivity index (χ1v) is 7.90. The largest absolute Gasteiger partial charge is 0.351 e. The Hall–Kier alpha value is -1.44. The summed E-state index contributed by atoms with van der Waals surface area (Å²) in [6.45, 7) is 4.62. The average Bonchev–Trinajstić information content (AvgIpc) is 2.37. The summed E-state index contributed by atoms with van der Waals surface area (Å²) < 4.78 is 26.5. The first-order valence-electron chi connectivity index (χ1n) is 6.42. The lowest BCUT2D eigenvalue weighted by Gasteiger charge is -2.10. The molecular formula is C13H21N3O3S. The summed E-state index contributed by atoms with van der Waals surface area (Å²) in [6.07, 6.45) is 0. The van der Waals surface area contributed by atoms with E-state index < -0.39 is 10.0 Å². The predicted molar refractivity (Wildman–Crippen MR) is 78.2 cm³/mol. The van der Waals surface area contributed by atoms with Crippen LogP contribution < -0.4 is 15.4 Å². The minimum absolute atomic E-state index is 0.0902. The number of rotatable bonds is 7. The Labute approximate surface area is 120 Å². The van der Waals surface area contributed by atoms with Gasteiger partial charge >= 0.3 is 0 Å². The number of carbonyl (C=O) groups is 1. The Balaban J connectivity index is 2.88. The van der Waals surface area contributed by atoms with E-state index >= 15 is 0 Å². The van der Waals surface area contributed by atoms with Gasteiger partial charge in [0.15, 0.2) is 0 Å². The number of hydrogen-bond donors (Lipinski definition) is 3. The van der Waals surface area contributed by atoms with Crippen LogP contribution in [0.25, 0.3) is 0 Å². The van der Waals surface area contributed by atoms with Crippen molar-refractivity contribution in [3.8, 4) is 0 Å². The number of sulfonamides is 1. The van der Waals surface area contributed by atoms with E-state index in [1.807, 2.05) is 0 Å². The summed E-state index contributed by atoms with van der Waals surface area (Å²) >= 11 is 0. The molecule has 20 heavy (non-hydrogen) atoms. The normalized spacial score (nSPS) is 11.6. The summed E-state index contributed by atoms with van der Waals surface area (Å²) in [5, 5.41) is 5.61. The van der Waals surface area contributed by atoms with Gasteiger partial charge in [0, 0.05) is 24.7 Å². The van der Waals surface area contributed by atoms with E-state index in [0.29, 0.717) is 18.7 Å². The molecule has 0 bridgehead atoms. The van der Waals surface area contributed by atoms with Gasteiger partial charge in [-0.2, -0.15) is 0 Å². The number of likely N-dealkylation sites (N-methyl/N-ethyl adjacent to an activating group) is 1. The van der Waals surface area contributed by atoms with Gasteiger partial charge in [-0.25, -0.2) is 13.1 Å². The number of nitrogens with one attached hydrogen (secondary N) is 3. The minimum Gasteiger partial charge on any atom is -0.351 e. The molecule has 7 heteroatoms. The molecule has 0 saturated heterocycles. The van der Waals surface area contributed by atoms with Crippen LogP contribution in [0.4, 0.5) is 0 Å². The van der Waals surface area contributed by atoms with Crippen molar-refractivity contribution in [1.29, 1.82) is 0 Å². The number of amides is 1. The van der Waals surface area contributed by atoms with Gasteiger partial charge in [-0.15, -0.1) is 0 Å². The molecule has 1 aromatic rings. The molecule has 0 aliphatic carbocycles. The van der Waals surface area contributed by atoms with Crippen LogP contribution in [-0.4, -0.2) is 40.5 Å². The maximum atomic E-state index is 12.0. The van der Waals surface area contributed by atoms with Crippen molar-refractivity contribution in [3.05, 3.63) is 29.8 Å². The van der Waals surface area contributed by atoms with Gasteiger partial charge in [0.25, 0.3) is 5.91 Å². The molecule has 1 amide bonds. The van der Waals surface area contributed by atoms with Gasteiger partial charge in [-0.05, 0) is 39.1 Å². The van der Waals surface area contributed by atoms with E-state index in [1.54, 1.807) is 33.0 Å². The summed E-state index contributed by atoms with van der Waals surface area (Å²) in [5.41, 5.74) is 0.327. The van der Waals surface area contributed by atoms with Crippen LogP contribution in [0, 0.1) is 0 Å². The van der Waals surface area contributed by atoms with Gasteiger partial charge in [0.1, 0.15) is 0 Å². The highest BCUT2D eigenvalue weighted by molar-refractivity contribution is 7.89. The molecule has 0 aliphatic rings. The summed E-state index contributed by atoms with van der Waals surface area (Å²) in [6, 6.07) is 5.78. The summed E-state index contributed by atoms with van der Waals surface area (Å²) in [4.78, 5) is 12.0. The van der Waals surface area contributed by atoms with Crippen molar-refractivity contribution < 1.29 is 13.2 Å². The van der Waals surface area contributed by atoms with E-state index in [2.05, 4.69) is 15.4 Å². The van der Waals surface area contributed by atoms with Crippen LogP contribution in [0.15, 0.2) is 29.2 Å². The third-order valence-electron chi connectivity index (χ3n) is 2.46. The SMILES string of the molecule is CNCCNC(=O)c1cccc(S(=O)(=O)NC(C)C)c1. The standard InChI is InChI=1S/C13H21N3O3S/c1-10(2)16-20(18,19)12-6-4-5-11(9-12)13(17)15-8-7-14-3/h4-6,9-10,14,16H,7-8H2,1-3H3,(H,15,17). The lowest BCUT2D eigenvalue weighted by Crippen LogP contribution is -2.32. The van der Waals surface area contributed by atoms with Gasteiger partial charge in [0.05, 0.1) is 4.90 Å². The molecule has 0 aromatic heterocycles. The molecule has 0 spiro atoms. The highest BCUT2D eigenvalue weighted by atomic mass is 32.2. The maximum Gasteiger partial charge on any atom is 0.251 e. The van der Waals surface area contributed by atoms with E-state index in [0.717, 1.165) is 0 Å². The molecule has 1 rings (SSSR count). The van der Waals surface area contributed by atoms with Crippen LogP contribution in [0.2, 0.25) is 0 Å². The van der Waals surface area contributed by atoms with E-state index in [9.17, 15) is 13.2 Å². The third kappa shape index (κ3) is 4.92. The van der Waals surface area contributed by atoms with Crippen LogP contribution >= 0.6 is 0 Å². The molecule has 0 unspecified atom stereocenters. The monoisotopic (exact) mass is 299 g/mol. The number of hydrogen-bond acceptors (Lipinski definition) is 4. The second kappa shape index (κ2) is 7.37. The predicted octanol–water partition coefficient (Wildman–Crippen LogP) is 0.323. The van der Waals surface area contributed by atoms with Crippen LogP contribution in [0.1, 0.15) is 24.2 Å². The molecule has 112 valence electrons. The van der Waals surface area contributed by atoms with Crippen molar-refractivity contribution in [3.63, 3.8) is 0 Å². The Morgan fingerprint density at radius 1 is 1.25 bits per heavy atom. The van der Waals surface area contributed by atoms with Crippen LogP contribution in [0.3, 0.4) is 0 Å². The summed E-state index contributed by atoms with van der Waals surface area (Å²) in [5.74, 6) is -0.290. The molecule has 1 aromatic carbocycles. The van der Waals surface area contributed by atoms with Gasteiger partial charge in [0.2, 0.25) is 10.0 Å². The molecule has 0 saturated carbocycles. The van der Waals surface area contributed by atoms with Crippen molar-refractivity contribution >= 4 is 15.9 Å². The Kier molecular flexibility index (Phi) is 6.12. The van der Waals surface area contributed by atoms with Crippen LogP contribution in [-0.2, 0) is 10.0 Å². The summed E-state index contributed by atoms with van der Waals surface area (Å²) in [7, 11) is -1.79. The van der Waals surface area contributed by atoms with Crippen molar-refractivity contribution in [2.75, 3.05) is 20.1 Å². The molecule has 0 heterocycles. The van der Waals surface area contributed by atoms with Gasteiger partial charge in [-0.1, -0.05) is 6.07 Å². The fourth-order valence-electron chi connectivity index (χ4n) is 1.59. The third-order valence-corrected chi connectivity index (χ3v) is 4.11. The molecule has 0 radical (unpaired) electrons. The Bertz CT molecular complexity index is 556. The lowest BCUT2D eigenvalue weighted by molar-refractivity contribution is 0.0954. The van der Waals surface area contributed by atoms with Gasteiger partial charge < -0.3 is 10.6 Å². The fraction of sp³-hybridized carbons (Fsp3) is 0.462. The topological polar surface area (TPSA) is 87.3 Å². The van der Waals surface area contributed by atoms with Crippen molar-refractivity contribution in [1.82, 2.24) is 15.4 Å². The zero-order valence-electron chi connectivity index (χ0n) is 11.9. The van der Waals surface area contributed by atoms with Crippen molar-refractivity contribution in [2.45, 2.75) is 24.8 Å². The first-order chi connectivity index (χ1) is 9.36. The molecule has 0 aliphatic heterocycles. The Morgan fingerprint density at radius 2 is 1.95 bits per heavy atom. The first kappa shape index (κ1) is 16.6. The zero-order valence-corrected chi connectivity index (χ0v) is 12.8. The maximum absolute atomic E-state index is 12.0. The molecule has 6 nitrogen and oxygen atoms in total. The molecule has 0 atom stereocenters. The quantitative estimate of drug-likeness (QED) is 0.633. The van der Waals surface area contributed by atoms with E-state index in [-0.39, 0.29) is 16.8 Å². The van der Waals surface area contributed by atoms with Crippen LogP contribution in [0.5, 0.6) is 0 Å². The average molecular weight is 299 g/mol. The lowest BCUT2D eigenvalue weighted by atomic mass is 10.2. The van der Waals surface area contributed by atoms with E-state index in [1.165, 1.54) is 12.1 Å². The highest BCUT2D eigenvalue weighted by Crippen LogP contribution is 2.12. The fourth-order valence-corrected chi connectivity index (χ4v) is 2.88. The second-order valence-corrected chi connectivity index (χ2v) is 6.38. The zero-order chi connectivity index (χ0) is 15.2. The highest BCUT2D eigenvalue weighted by Gasteiger charge is 2.17. The molecule has 0 fully saturated rings. The van der Waals surface area contributed by atoms with E-state index in [4.69, 9.17) is 0 Å². The van der Waals surface area contributed by atoms with Gasteiger partial charge in [-0.3, -0.25) is 4.79 Å². The van der Waals surface area contributed by atoms with Crippen molar-refractivity contribution in [2.24, 2.45) is 0 Å². The second-order valence-electron chi connectivity index (χ2n) is 4.66. The number of benzene rings is 1. The minimum atomic E-state index is -3.58. The smallest absolute Gasteiger partial charge is 0.251 e. The molecular weight excluding hydrogens is 278 g/mol. The molecule has 3 N–H and O–H groups in total. The Morgan fingerprint density at radius 3 is 2.55 bits per heavy atom. The number of carbonyl (C=O) groups excluding carboxylic acids is 1.